The van der Waals surface area contributed by atoms with Crippen LogP contribution in [-0.2, 0) is 19.9 Å². The molecule has 3 aliphatic rings. The molecular weight excluding hydrogens is 574 g/mol. The third-order valence-corrected chi connectivity index (χ3v) is 9.45. The Balaban J connectivity index is 1.19. The fraction of sp³-hybridized carbons (Fsp3) is 0.607. The van der Waals surface area contributed by atoms with Gasteiger partial charge in [-0.25, -0.2) is 24.6 Å². The molecule has 6 rings (SSSR count). The quantitative estimate of drug-likeness (QED) is 0.320. The predicted molar refractivity (Wildman–Crippen MR) is 158 cm³/mol. The van der Waals surface area contributed by atoms with Crippen molar-refractivity contribution in [3.63, 3.8) is 0 Å². The highest BCUT2D eigenvalue weighted by Crippen LogP contribution is 2.51. The number of rotatable bonds is 6. The van der Waals surface area contributed by atoms with Gasteiger partial charge in [0, 0.05) is 30.0 Å². The Kier molecular flexibility index (Phi) is 7.55. The summed E-state index contributed by atoms with van der Waals surface area (Å²) in [6.45, 7) is 7.14. The molecule has 2 aliphatic carbocycles. The van der Waals surface area contributed by atoms with Crippen LogP contribution < -0.4 is 15.8 Å². The molecule has 1 aromatic carbocycles. The molecule has 2 aromatic heterocycles. The summed E-state index contributed by atoms with van der Waals surface area (Å²) in [6.07, 6.45) is 4.09. The Morgan fingerprint density at radius 2 is 1.93 bits per heavy atom. The van der Waals surface area contributed by atoms with Gasteiger partial charge in [-0.3, -0.25) is 4.18 Å². The Morgan fingerprint density at radius 3 is 2.65 bits per heavy atom. The van der Waals surface area contributed by atoms with Crippen LogP contribution in [0.2, 0.25) is 0 Å². The van der Waals surface area contributed by atoms with E-state index in [9.17, 15) is 18.3 Å². The van der Waals surface area contributed by atoms with Gasteiger partial charge in [-0.1, -0.05) is 29.5 Å². The van der Waals surface area contributed by atoms with Gasteiger partial charge in [0.25, 0.3) is 0 Å². The van der Waals surface area contributed by atoms with Crippen LogP contribution in [-0.4, -0.2) is 80.8 Å². The summed E-state index contributed by atoms with van der Waals surface area (Å²) in [5, 5.41) is 31.0. The van der Waals surface area contributed by atoms with E-state index < -0.39 is 22.3 Å². The predicted octanol–water partition coefficient (Wildman–Crippen LogP) is 2.15. The monoisotopic (exact) mass is 613 g/mol. The number of benzene rings is 1. The first kappa shape index (κ1) is 29.7. The molecule has 14 nitrogen and oxygen atoms in total. The number of carbonyl (C=O) groups excluding carboxylic acids is 1. The van der Waals surface area contributed by atoms with Crippen LogP contribution in [0.25, 0.3) is 11.2 Å². The highest BCUT2D eigenvalue weighted by molar-refractivity contribution is 7.84. The highest BCUT2D eigenvalue weighted by atomic mass is 32.2. The number of urea groups is 1. The number of anilines is 1. The SMILES string of the molecule is CC(C)(C)NC(=O)N1CCC2(CC1)C[C@H](Nc1ncnc3c1nnn3[C@@H]1C[C@@H](COS(N)(=O)=O)[C@@H](O)C1)c1ccccc12. The second-order valence-corrected chi connectivity index (χ2v) is 14.3. The number of hydrogen-bond acceptors (Lipinski definition) is 10. The van der Waals surface area contributed by atoms with E-state index in [-0.39, 0.29) is 35.7 Å². The third-order valence-electron chi connectivity index (χ3n) is 8.99. The van der Waals surface area contributed by atoms with E-state index >= 15 is 0 Å². The third kappa shape index (κ3) is 6.03. The van der Waals surface area contributed by atoms with Gasteiger partial charge < -0.3 is 20.6 Å². The summed E-state index contributed by atoms with van der Waals surface area (Å²) >= 11 is 0. The van der Waals surface area contributed by atoms with E-state index in [4.69, 9.17) is 9.32 Å². The van der Waals surface area contributed by atoms with E-state index in [1.165, 1.54) is 17.5 Å². The number of carbonyl (C=O) groups is 1. The van der Waals surface area contributed by atoms with Gasteiger partial charge >= 0.3 is 16.3 Å². The molecule has 0 bridgehead atoms. The Labute approximate surface area is 250 Å². The van der Waals surface area contributed by atoms with Crippen molar-refractivity contribution in [3.8, 4) is 0 Å². The van der Waals surface area contributed by atoms with Crippen molar-refractivity contribution in [1.82, 2.24) is 35.2 Å². The molecule has 1 spiro atoms. The van der Waals surface area contributed by atoms with E-state index in [2.05, 4.69) is 49.1 Å². The van der Waals surface area contributed by atoms with Gasteiger partial charge in [-0.05, 0) is 64.0 Å². The van der Waals surface area contributed by atoms with Gasteiger partial charge in [0.1, 0.15) is 6.33 Å². The van der Waals surface area contributed by atoms with Crippen LogP contribution in [0.15, 0.2) is 30.6 Å². The Morgan fingerprint density at radius 1 is 1.19 bits per heavy atom. The number of nitrogens with zero attached hydrogens (tertiary/aromatic N) is 6. The summed E-state index contributed by atoms with van der Waals surface area (Å²) in [6, 6.07) is 8.21. The maximum atomic E-state index is 12.8. The number of amides is 2. The van der Waals surface area contributed by atoms with Crippen molar-refractivity contribution in [2.24, 2.45) is 11.1 Å². The van der Waals surface area contributed by atoms with Crippen LogP contribution in [0.1, 0.15) is 76.1 Å². The standard InChI is InChI=1S/C28H39N9O5S/c1-27(2,3)33-26(39)36-10-8-28(9-11-36)14-21(19-6-4-5-7-20(19)28)32-24-23-25(31-16-30-24)37(35-34-23)18-12-17(22(38)13-18)15-42-43(29,40)41/h4-7,16-18,21-22,38H,8-15H2,1-3H3,(H,33,39)(H2,29,40,41)(H,30,31,32)/t17-,18+,21-,22-/m0/s1. The Bertz CT molecular complexity index is 1610. The van der Waals surface area contributed by atoms with Crippen molar-refractivity contribution >= 4 is 33.3 Å². The first-order valence-corrected chi connectivity index (χ1v) is 16.1. The number of aliphatic hydroxyl groups is 1. The maximum absolute atomic E-state index is 12.8. The van der Waals surface area contributed by atoms with E-state index in [0.29, 0.717) is 42.9 Å². The zero-order valence-electron chi connectivity index (χ0n) is 24.6. The minimum atomic E-state index is -4.10. The van der Waals surface area contributed by atoms with Crippen LogP contribution in [0.5, 0.6) is 0 Å². The van der Waals surface area contributed by atoms with Crippen molar-refractivity contribution < 1.29 is 22.5 Å². The lowest BCUT2D eigenvalue weighted by atomic mass is 9.73. The molecule has 2 fully saturated rings. The van der Waals surface area contributed by atoms with Crippen molar-refractivity contribution in [2.75, 3.05) is 25.0 Å². The smallest absolute Gasteiger partial charge is 0.333 e. The molecule has 5 N–H and O–H groups in total. The summed E-state index contributed by atoms with van der Waals surface area (Å²) in [5.41, 5.74) is 3.24. The molecule has 4 atom stereocenters. The van der Waals surface area contributed by atoms with Gasteiger partial charge in [0.2, 0.25) is 0 Å². The number of nitrogens with two attached hydrogens (primary N) is 1. The average Bonchev–Trinajstić information content (AvgIpc) is 3.61. The Hall–Kier alpha value is -3.40. The first-order chi connectivity index (χ1) is 20.3. The summed E-state index contributed by atoms with van der Waals surface area (Å²) in [7, 11) is -4.10. The fourth-order valence-electron chi connectivity index (χ4n) is 6.95. The molecule has 3 heterocycles. The largest absolute Gasteiger partial charge is 0.393 e. The van der Waals surface area contributed by atoms with Crippen molar-refractivity contribution in [2.45, 2.75) is 82.0 Å². The number of nitrogens with one attached hydrogen (secondary N) is 2. The van der Waals surface area contributed by atoms with Crippen LogP contribution in [0.3, 0.4) is 0 Å². The second kappa shape index (κ2) is 10.9. The lowest BCUT2D eigenvalue weighted by Crippen LogP contribution is -2.52. The zero-order valence-corrected chi connectivity index (χ0v) is 25.4. The van der Waals surface area contributed by atoms with Gasteiger partial charge in [-0.15, -0.1) is 5.10 Å². The first-order valence-electron chi connectivity index (χ1n) is 14.7. The van der Waals surface area contributed by atoms with Crippen molar-refractivity contribution in [1.29, 1.82) is 0 Å². The molecule has 43 heavy (non-hydrogen) atoms. The molecular formula is C28H39N9O5S. The molecule has 0 radical (unpaired) electrons. The average molecular weight is 614 g/mol. The zero-order chi connectivity index (χ0) is 30.6. The topological polar surface area (TPSA) is 190 Å². The molecule has 2 amide bonds. The number of hydrogen-bond donors (Lipinski definition) is 4. The van der Waals surface area contributed by atoms with Crippen LogP contribution in [0, 0.1) is 5.92 Å². The fourth-order valence-corrected chi connectivity index (χ4v) is 7.32. The number of fused-ring (bicyclic) bond motifs is 3. The molecule has 1 aliphatic heterocycles. The van der Waals surface area contributed by atoms with Gasteiger partial charge in [0.15, 0.2) is 17.0 Å². The number of aliphatic hydroxyl groups excluding tert-OH is 1. The number of aromatic nitrogens is 5. The highest BCUT2D eigenvalue weighted by Gasteiger charge is 2.46. The minimum Gasteiger partial charge on any atom is -0.393 e. The molecule has 0 unspecified atom stereocenters. The minimum absolute atomic E-state index is 0.0116. The summed E-state index contributed by atoms with van der Waals surface area (Å²) in [5.74, 6) is 0.155. The van der Waals surface area contributed by atoms with E-state index in [1.54, 1.807) is 4.68 Å². The molecule has 3 aromatic rings. The van der Waals surface area contributed by atoms with Crippen molar-refractivity contribution in [3.05, 3.63) is 41.7 Å². The normalized spacial score (nSPS) is 25.3. The molecule has 1 saturated heterocycles. The lowest BCUT2D eigenvalue weighted by Gasteiger charge is -2.41. The second-order valence-electron chi connectivity index (χ2n) is 13.1. The summed E-state index contributed by atoms with van der Waals surface area (Å²) < 4.78 is 28.9. The van der Waals surface area contributed by atoms with Gasteiger partial charge in [0.05, 0.1) is 24.8 Å². The van der Waals surface area contributed by atoms with Crippen LogP contribution >= 0.6 is 0 Å². The lowest BCUT2D eigenvalue weighted by molar-refractivity contribution is 0.100. The van der Waals surface area contributed by atoms with E-state index in [0.717, 1.165) is 19.3 Å². The van der Waals surface area contributed by atoms with Gasteiger partial charge in [-0.2, -0.15) is 8.42 Å². The number of piperidine rings is 1. The molecule has 232 valence electrons. The molecule has 15 heteroatoms. The summed E-state index contributed by atoms with van der Waals surface area (Å²) in [4.78, 5) is 23.7. The van der Waals surface area contributed by atoms with Crippen LogP contribution in [0.4, 0.5) is 10.6 Å². The van der Waals surface area contributed by atoms with E-state index in [1.807, 2.05) is 31.7 Å². The number of likely N-dealkylation sites (tertiary alicyclic amines) is 1. The molecule has 1 saturated carbocycles. The maximum Gasteiger partial charge on any atom is 0.333 e.